The van der Waals surface area contributed by atoms with Crippen LogP contribution in [0, 0.1) is 5.92 Å². The molecule has 1 aromatic heterocycles. The van der Waals surface area contributed by atoms with Crippen molar-refractivity contribution in [2.24, 2.45) is 5.92 Å². The Bertz CT molecular complexity index is 540. The lowest BCUT2D eigenvalue weighted by molar-refractivity contribution is 0.118. The molecule has 21 heavy (non-hydrogen) atoms. The lowest BCUT2D eigenvalue weighted by atomic mass is 10.0. The molecule has 1 N–H and O–H groups in total. The summed E-state index contributed by atoms with van der Waals surface area (Å²) in [5.74, 6) is 0.305. The molecule has 1 aliphatic heterocycles. The lowest BCUT2D eigenvalue weighted by Gasteiger charge is -2.31. The summed E-state index contributed by atoms with van der Waals surface area (Å²) in [6, 6.07) is 1.79. The molecule has 7 heteroatoms. The van der Waals surface area contributed by atoms with Gasteiger partial charge in [-0.25, -0.2) is 8.42 Å². The summed E-state index contributed by atoms with van der Waals surface area (Å²) in [7, 11) is -1.68. The van der Waals surface area contributed by atoms with E-state index in [4.69, 9.17) is 4.74 Å². The molecule has 0 saturated carbocycles. The van der Waals surface area contributed by atoms with E-state index in [1.807, 2.05) is 12.3 Å². The Morgan fingerprint density at radius 3 is 3.05 bits per heavy atom. The second kappa shape index (κ2) is 7.69. The van der Waals surface area contributed by atoms with E-state index in [2.05, 4.69) is 5.32 Å². The number of thiophene rings is 1. The van der Waals surface area contributed by atoms with Gasteiger partial charge in [-0.15, -0.1) is 11.3 Å². The Labute approximate surface area is 131 Å². The van der Waals surface area contributed by atoms with Gasteiger partial charge in [0.05, 0.1) is 6.61 Å². The number of sulfonamides is 1. The first-order chi connectivity index (χ1) is 10.1. The summed E-state index contributed by atoms with van der Waals surface area (Å²) in [5, 5.41) is 5.14. The van der Waals surface area contributed by atoms with E-state index >= 15 is 0 Å². The van der Waals surface area contributed by atoms with Crippen LogP contribution in [-0.4, -0.2) is 46.1 Å². The molecule has 0 aliphatic carbocycles. The van der Waals surface area contributed by atoms with Gasteiger partial charge in [-0.1, -0.05) is 6.92 Å². The molecular formula is C14H24N2O3S2. The van der Waals surface area contributed by atoms with Crippen molar-refractivity contribution in [2.75, 3.05) is 33.4 Å². The second-order valence-corrected chi connectivity index (χ2v) is 8.46. The van der Waals surface area contributed by atoms with Crippen LogP contribution in [-0.2, 0) is 21.3 Å². The summed E-state index contributed by atoms with van der Waals surface area (Å²) >= 11 is 1.31. The van der Waals surface area contributed by atoms with Gasteiger partial charge in [0.1, 0.15) is 4.21 Å². The van der Waals surface area contributed by atoms with Crippen LogP contribution in [0.4, 0.5) is 0 Å². The average molecular weight is 332 g/mol. The van der Waals surface area contributed by atoms with Crippen LogP contribution in [0.5, 0.6) is 0 Å². The standard InChI is InChI=1S/C14H24N2O3S2/c1-3-15-8-13-7-14(20-11-13)21(17,18)16-6-4-5-12(9-16)10-19-2/h7,11-12,15H,3-6,8-10H2,1-2H3. The van der Waals surface area contributed by atoms with Crippen LogP contribution in [0.2, 0.25) is 0 Å². The van der Waals surface area contributed by atoms with E-state index < -0.39 is 10.0 Å². The van der Waals surface area contributed by atoms with Crippen molar-refractivity contribution in [2.45, 2.75) is 30.5 Å². The first-order valence-corrected chi connectivity index (χ1v) is 9.67. The predicted molar refractivity (Wildman–Crippen MR) is 85.1 cm³/mol. The van der Waals surface area contributed by atoms with E-state index in [0.29, 0.717) is 29.8 Å². The van der Waals surface area contributed by atoms with E-state index in [1.165, 1.54) is 11.3 Å². The van der Waals surface area contributed by atoms with Gasteiger partial charge in [-0.3, -0.25) is 0 Å². The molecular weight excluding hydrogens is 308 g/mol. The summed E-state index contributed by atoms with van der Waals surface area (Å²) in [6.07, 6.45) is 1.94. The van der Waals surface area contributed by atoms with Gasteiger partial charge in [-0.2, -0.15) is 4.31 Å². The zero-order chi connectivity index (χ0) is 15.3. The average Bonchev–Trinajstić information content (AvgIpc) is 2.95. The fourth-order valence-electron chi connectivity index (χ4n) is 2.59. The van der Waals surface area contributed by atoms with E-state index in [9.17, 15) is 8.42 Å². The maximum atomic E-state index is 12.7. The molecule has 1 atom stereocenters. The molecule has 0 bridgehead atoms. The SMILES string of the molecule is CCNCc1csc(S(=O)(=O)N2CCCC(COC)C2)c1. The maximum Gasteiger partial charge on any atom is 0.252 e. The Kier molecular flexibility index (Phi) is 6.19. The van der Waals surface area contributed by atoms with Gasteiger partial charge in [-0.05, 0) is 42.3 Å². The largest absolute Gasteiger partial charge is 0.384 e. The van der Waals surface area contributed by atoms with Crippen LogP contribution >= 0.6 is 11.3 Å². The van der Waals surface area contributed by atoms with Crippen molar-refractivity contribution < 1.29 is 13.2 Å². The lowest BCUT2D eigenvalue weighted by Crippen LogP contribution is -2.40. The highest BCUT2D eigenvalue weighted by Gasteiger charge is 2.31. The van der Waals surface area contributed by atoms with Gasteiger partial charge < -0.3 is 10.1 Å². The quantitative estimate of drug-likeness (QED) is 0.828. The van der Waals surface area contributed by atoms with Crippen molar-refractivity contribution in [1.82, 2.24) is 9.62 Å². The summed E-state index contributed by atoms with van der Waals surface area (Å²) in [5.41, 5.74) is 1.03. The van der Waals surface area contributed by atoms with Crippen molar-refractivity contribution in [3.8, 4) is 0 Å². The van der Waals surface area contributed by atoms with Crippen molar-refractivity contribution in [1.29, 1.82) is 0 Å². The topological polar surface area (TPSA) is 58.6 Å². The number of hydrogen-bond donors (Lipinski definition) is 1. The number of piperidine rings is 1. The number of methoxy groups -OCH3 is 1. The Hall–Kier alpha value is -0.470. The predicted octanol–water partition coefficient (Wildman–Crippen LogP) is 1.90. The molecule has 5 nitrogen and oxygen atoms in total. The first-order valence-electron chi connectivity index (χ1n) is 7.35. The third-order valence-electron chi connectivity index (χ3n) is 3.69. The molecule has 0 radical (unpaired) electrons. The normalized spacial score (nSPS) is 20.8. The van der Waals surface area contributed by atoms with Crippen molar-refractivity contribution in [3.63, 3.8) is 0 Å². The minimum Gasteiger partial charge on any atom is -0.384 e. The molecule has 1 unspecified atom stereocenters. The zero-order valence-corrected chi connectivity index (χ0v) is 14.3. The highest BCUT2D eigenvalue weighted by atomic mass is 32.2. The molecule has 1 saturated heterocycles. The first kappa shape index (κ1) is 16.9. The number of nitrogens with zero attached hydrogens (tertiary/aromatic N) is 1. The number of hydrogen-bond acceptors (Lipinski definition) is 5. The van der Waals surface area contributed by atoms with Gasteiger partial charge in [0.25, 0.3) is 10.0 Å². The minimum absolute atomic E-state index is 0.305. The molecule has 2 heterocycles. The number of ether oxygens (including phenoxy) is 1. The Morgan fingerprint density at radius 2 is 2.33 bits per heavy atom. The van der Waals surface area contributed by atoms with E-state index in [0.717, 1.165) is 31.5 Å². The van der Waals surface area contributed by atoms with Crippen LogP contribution in [0.1, 0.15) is 25.3 Å². The Morgan fingerprint density at radius 1 is 1.52 bits per heavy atom. The van der Waals surface area contributed by atoms with Gasteiger partial charge in [0.15, 0.2) is 0 Å². The highest BCUT2D eigenvalue weighted by Crippen LogP contribution is 2.28. The third kappa shape index (κ3) is 4.26. The van der Waals surface area contributed by atoms with E-state index in [-0.39, 0.29) is 0 Å². The zero-order valence-electron chi connectivity index (χ0n) is 12.7. The summed E-state index contributed by atoms with van der Waals surface area (Å²) in [4.78, 5) is 0. The summed E-state index contributed by atoms with van der Waals surface area (Å²) < 4.78 is 32.6. The molecule has 1 aromatic rings. The van der Waals surface area contributed by atoms with Gasteiger partial charge >= 0.3 is 0 Å². The van der Waals surface area contributed by atoms with Crippen molar-refractivity contribution in [3.05, 3.63) is 17.0 Å². The van der Waals surface area contributed by atoms with Crippen molar-refractivity contribution >= 4 is 21.4 Å². The van der Waals surface area contributed by atoms with Gasteiger partial charge in [0.2, 0.25) is 0 Å². The molecule has 0 aromatic carbocycles. The number of nitrogens with one attached hydrogen (secondary N) is 1. The van der Waals surface area contributed by atoms with Crippen LogP contribution in [0.15, 0.2) is 15.7 Å². The molecule has 120 valence electrons. The second-order valence-electron chi connectivity index (χ2n) is 5.38. The molecule has 1 fully saturated rings. The Balaban J connectivity index is 2.08. The fraction of sp³-hybridized carbons (Fsp3) is 0.714. The molecule has 2 rings (SSSR count). The fourth-order valence-corrected chi connectivity index (χ4v) is 5.51. The molecule has 0 spiro atoms. The third-order valence-corrected chi connectivity index (χ3v) is 7.02. The smallest absolute Gasteiger partial charge is 0.252 e. The monoisotopic (exact) mass is 332 g/mol. The van der Waals surface area contributed by atoms with Crippen LogP contribution < -0.4 is 5.32 Å². The maximum absolute atomic E-state index is 12.7. The molecule has 1 aliphatic rings. The van der Waals surface area contributed by atoms with Crippen LogP contribution in [0.3, 0.4) is 0 Å². The minimum atomic E-state index is -3.35. The van der Waals surface area contributed by atoms with E-state index in [1.54, 1.807) is 17.5 Å². The highest BCUT2D eigenvalue weighted by molar-refractivity contribution is 7.91. The summed E-state index contributed by atoms with van der Waals surface area (Å²) in [6.45, 7) is 5.44. The van der Waals surface area contributed by atoms with Crippen LogP contribution in [0.25, 0.3) is 0 Å². The number of rotatable bonds is 7. The van der Waals surface area contributed by atoms with Gasteiger partial charge in [0, 0.05) is 26.7 Å². The molecule has 0 amide bonds.